The number of benzene rings is 1. The molecule has 1 aromatic rings. The minimum Gasteiger partial charge on any atom is -0.313 e. The quantitative estimate of drug-likeness (QED) is 0.817. The molecule has 0 bridgehead atoms. The van der Waals surface area contributed by atoms with Gasteiger partial charge in [-0.05, 0) is 37.8 Å². The lowest BCUT2D eigenvalue weighted by Gasteiger charge is -2.35. The Morgan fingerprint density at radius 1 is 1.33 bits per heavy atom. The first-order valence-electron chi connectivity index (χ1n) is 8.33. The molecule has 21 heavy (non-hydrogen) atoms. The average molecular weight is 292 g/mol. The third-order valence-electron chi connectivity index (χ3n) is 4.31. The van der Waals surface area contributed by atoms with Crippen LogP contribution in [0.25, 0.3) is 0 Å². The highest BCUT2D eigenvalue weighted by Crippen LogP contribution is 2.28. The van der Waals surface area contributed by atoms with Crippen molar-refractivity contribution in [1.82, 2.24) is 10.2 Å². The maximum Gasteiger partial charge on any atom is 0.127 e. The van der Waals surface area contributed by atoms with E-state index in [1.807, 2.05) is 12.1 Å². The molecule has 118 valence electrons. The number of hydrogen-bond acceptors (Lipinski definition) is 2. The van der Waals surface area contributed by atoms with Crippen molar-refractivity contribution in [1.29, 1.82) is 0 Å². The summed E-state index contributed by atoms with van der Waals surface area (Å²) in [5.74, 6) is 0.518. The summed E-state index contributed by atoms with van der Waals surface area (Å²) in [7, 11) is 0. The highest BCUT2D eigenvalue weighted by molar-refractivity contribution is 5.21. The molecule has 0 aliphatic carbocycles. The number of nitrogens with zero attached hydrogens (tertiary/aromatic N) is 1. The van der Waals surface area contributed by atoms with Gasteiger partial charge in [0.05, 0.1) is 0 Å². The maximum absolute atomic E-state index is 14.2. The smallest absolute Gasteiger partial charge is 0.127 e. The Kier molecular flexibility index (Phi) is 6.19. The molecule has 0 amide bonds. The highest BCUT2D eigenvalue weighted by atomic mass is 19.1. The van der Waals surface area contributed by atoms with Gasteiger partial charge < -0.3 is 5.32 Å². The van der Waals surface area contributed by atoms with E-state index < -0.39 is 0 Å². The van der Waals surface area contributed by atoms with E-state index in [4.69, 9.17) is 0 Å². The summed E-state index contributed by atoms with van der Waals surface area (Å²) in [6, 6.07) is 7.98. The lowest BCUT2D eigenvalue weighted by molar-refractivity contribution is 0.153. The summed E-state index contributed by atoms with van der Waals surface area (Å²) in [5, 5.41) is 3.57. The minimum atomic E-state index is -0.0718. The van der Waals surface area contributed by atoms with Crippen molar-refractivity contribution < 1.29 is 4.39 Å². The van der Waals surface area contributed by atoms with Gasteiger partial charge in [0.25, 0.3) is 0 Å². The van der Waals surface area contributed by atoms with Crippen molar-refractivity contribution in [3.63, 3.8) is 0 Å². The Hall–Kier alpha value is -0.930. The normalized spacial score (nSPS) is 20.4. The van der Waals surface area contributed by atoms with Crippen LogP contribution in [-0.4, -0.2) is 30.6 Å². The van der Waals surface area contributed by atoms with Crippen molar-refractivity contribution in [3.8, 4) is 0 Å². The van der Waals surface area contributed by atoms with E-state index in [0.717, 1.165) is 31.6 Å². The van der Waals surface area contributed by atoms with Crippen LogP contribution in [0.2, 0.25) is 0 Å². The van der Waals surface area contributed by atoms with Crippen molar-refractivity contribution in [3.05, 3.63) is 35.6 Å². The third kappa shape index (κ3) is 4.52. The molecule has 2 unspecified atom stereocenters. The summed E-state index contributed by atoms with van der Waals surface area (Å²) < 4.78 is 14.2. The van der Waals surface area contributed by atoms with Crippen LogP contribution >= 0.6 is 0 Å². The van der Waals surface area contributed by atoms with Gasteiger partial charge in [-0.2, -0.15) is 0 Å². The van der Waals surface area contributed by atoms with Crippen LogP contribution in [0.1, 0.15) is 51.6 Å². The number of halogens is 1. The standard InChI is InChI=1S/C18H29FN2/c1-4-18(16-9-5-6-10-17(16)19)21(12-14(2)3)13-15-8-7-11-20-15/h5-6,9-10,14-15,18,20H,4,7-8,11-13H2,1-3H3. The largest absolute Gasteiger partial charge is 0.313 e. The van der Waals surface area contributed by atoms with E-state index in [9.17, 15) is 4.39 Å². The molecular formula is C18H29FN2. The molecule has 1 heterocycles. The molecule has 1 aliphatic heterocycles. The van der Waals surface area contributed by atoms with E-state index in [2.05, 4.69) is 31.0 Å². The van der Waals surface area contributed by atoms with E-state index in [1.165, 1.54) is 12.8 Å². The SMILES string of the molecule is CCC(c1ccccc1F)N(CC(C)C)CC1CCCN1. The van der Waals surface area contributed by atoms with Crippen LogP contribution in [0.4, 0.5) is 4.39 Å². The zero-order valence-corrected chi connectivity index (χ0v) is 13.6. The molecule has 1 aliphatic rings. The molecule has 2 atom stereocenters. The van der Waals surface area contributed by atoms with Crippen LogP contribution in [-0.2, 0) is 0 Å². The van der Waals surface area contributed by atoms with E-state index in [1.54, 1.807) is 12.1 Å². The first kappa shape index (κ1) is 16.4. The summed E-state index contributed by atoms with van der Waals surface area (Å²) in [4.78, 5) is 2.48. The molecule has 0 radical (unpaired) electrons. The minimum absolute atomic E-state index is 0.0718. The Labute approximate surface area is 128 Å². The molecule has 0 spiro atoms. The average Bonchev–Trinajstić information content (AvgIpc) is 2.94. The molecule has 0 aromatic heterocycles. The molecule has 1 N–H and O–H groups in total. The maximum atomic E-state index is 14.2. The predicted octanol–water partition coefficient (Wildman–Crippen LogP) is 3.99. The van der Waals surface area contributed by atoms with Gasteiger partial charge in [-0.1, -0.05) is 39.0 Å². The van der Waals surface area contributed by atoms with Crippen molar-refractivity contribution >= 4 is 0 Å². The van der Waals surface area contributed by atoms with Crippen LogP contribution in [0.3, 0.4) is 0 Å². The van der Waals surface area contributed by atoms with Gasteiger partial charge in [-0.15, -0.1) is 0 Å². The third-order valence-corrected chi connectivity index (χ3v) is 4.31. The lowest BCUT2D eigenvalue weighted by Crippen LogP contribution is -2.41. The summed E-state index contributed by atoms with van der Waals surface area (Å²) >= 11 is 0. The van der Waals surface area contributed by atoms with Crippen molar-refractivity contribution in [2.24, 2.45) is 5.92 Å². The van der Waals surface area contributed by atoms with E-state index in [-0.39, 0.29) is 11.9 Å². The van der Waals surface area contributed by atoms with Crippen LogP contribution in [0.15, 0.2) is 24.3 Å². The summed E-state index contributed by atoms with van der Waals surface area (Å²) in [6.45, 7) is 9.80. The van der Waals surface area contributed by atoms with Gasteiger partial charge in [0, 0.05) is 30.7 Å². The van der Waals surface area contributed by atoms with E-state index in [0.29, 0.717) is 12.0 Å². The number of nitrogens with one attached hydrogen (secondary N) is 1. The molecule has 1 saturated heterocycles. The van der Waals surface area contributed by atoms with Gasteiger partial charge in [-0.3, -0.25) is 4.90 Å². The van der Waals surface area contributed by atoms with E-state index >= 15 is 0 Å². The van der Waals surface area contributed by atoms with Crippen molar-refractivity contribution in [2.45, 2.75) is 52.1 Å². The fourth-order valence-corrected chi connectivity index (χ4v) is 3.41. The highest BCUT2D eigenvalue weighted by Gasteiger charge is 2.26. The van der Waals surface area contributed by atoms with Gasteiger partial charge in [-0.25, -0.2) is 4.39 Å². The molecular weight excluding hydrogens is 263 g/mol. The van der Waals surface area contributed by atoms with Crippen LogP contribution < -0.4 is 5.32 Å². The monoisotopic (exact) mass is 292 g/mol. The van der Waals surface area contributed by atoms with Gasteiger partial charge in [0.2, 0.25) is 0 Å². The Morgan fingerprint density at radius 2 is 2.10 bits per heavy atom. The number of hydrogen-bond donors (Lipinski definition) is 1. The second-order valence-corrected chi connectivity index (χ2v) is 6.59. The Balaban J connectivity index is 2.17. The molecule has 2 nitrogen and oxygen atoms in total. The second-order valence-electron chi connectivity index (χ2n) is 6.59. The zero-order chi connectivity index (χ0) is 15.2. The lowest BCUT2D eigenvalue weighted by atomic mass is 9.99. The predicted molar refractivity (Wildman–Crippen MR) is 86.9 cm³/mol. The molecule has 3 heteroatoms. The molecule has 1 fully saturated rings. The summed E-state index contributed by atoms with van der Waals surface area (Å²) in [5.41, 5.74) is 0.846. The van der Waals surface area contributed by atoms with Crippen LogP contribution in [0.5, 0.6) is 0 Å². The van der Waals surface area contributed by atoms with Gasteiger partial charge in [0.15, 0.2) is 0 Å². The van der Waals surface area contributed by atoms with Gasteiger partial charge >= 0.3 is 0 Å². The Bertz CT molecular complexity index is 427. The van der Waals surface area contributed by atoms with Crippen LogP contribution in [0, 0.1) is 11.7 Å². The van der Waals surface area contributed by atoms with Gasteiger partial charge in [0.1, 0.15) is 5.82 Å². The second kappa shape index (κ2) is 7.90. The topological polar surface area (TPSA) is 15.3 Å². The first-order chi connectivity index (χ1) is 10.1. The number of rotatable bonds is 7. The van der Waals surface area contributed by atoms with Crippen molar-refractivity contribution in [2.75, 3.05) is 19.6 Å². The molecule has 2 rings (SSSR count). The Morgan fingerprint density at radius 3 is 2.67 bits per heavy atom. The first-order valence-corrected chi connectivity index (χ1v) is 8.33. The fourth-order valence-electron chi connectivity index (χ4n) is 3.41. The molecule has 0 saturated carbocycles. The fraction of sp³-hybridized carbons (Fsp3) is 0.667. The summed E-state index contributed by atoms with van der Waals surface area (Å²) in [6.07, 6.45) is 3.44. The molecule has 1 aromatic carbocycles. The zero-order valence-electron chi connectivity index (χ0n) is 13.6.